The smallest absolute Gasteiger partial charge is 0.450 e. The van der Waals surface area contributed by atoms with Crippen molar-refractivity contribution < 1.29 is 64.5 Å². The molecule has 0 saturated carbocycles. The van der Waals surface area contributed by atoms with Crippen LogP contribution in [0.4, 0.5) is 14.4 Å². The molecule has 0 amide bonds. The van der Waals surface area contributed by atoms with Gasteiger partial charge < -0.3 is 30.6 Å². The van der Waals surface area contributed by atoms with Crippen molar-refractivity contribution in [2.45, 2.75) is 0 Å². The first-order valence-electron chi connectivity index (χ1n) is 1.95. The summed E-state index contributed by atoms with van der Waals surface area (Å²) in [6.07, 6.45) is -5.50. The molecule has 0 aromatic heterocycles. The second-order valence-electron chi connectivity index (χ2n) is 0.848. The SMILES string of the molecule is O=C(O)O.O=C(O)O.O=C(O)O.[Rh]. The molecule has 81 valence electrons. The Labute approximate surface area is 83.6 Å². The van der Waals surface area contributed by atoms with E-state index in [1.165, 1.54) is 0 Å². The van der Waals surface area contributed by atoms with Crippen LogP contribution in [0.25, 0.3) is 0 Å². The van der Waals surface area contributed by atoms with Crippen molar-refractivity contribution in [3.05, 3.63) is 0 Å². The zero-order valence-corrected chi connectivity index (χ0v) is 7.38. The second-order valence-corrected chi connectivity index (χ2v) is 0.848. The minimum atomic E-state index is -1.83. The molecule has 1 radical (unpaired) electrons. The predicted molar refractivity (Wildman–Crippen MR) is 32.0 cm³/mol. The minimum Gasteiger partial charge on any atom is -0.450 e. The van der Waals surface area contributed by atoms with Gasteiger partial charge in [0.05, 0.1) is 0 Å². The minimum absolute atomic E-state index is 0. The summed E-state index contributed by atoms with van der Waals surface area (Å²) in [5, 5.41) is 41.8. The summed E-state index contributed by atoms with van der Waals surface area (Å²) in [7, 11) is 0. The summed E-state index contributed by atoms with van der Waals surface area (Å²) in [6, 6.07) is 0. The van der Waals surface area contributed by atoms with Gasteiger partial charge in [-0.2, -0.15) is 0 Å². The summed E-state index contributed by atoms with van der Waals surface area (Å²) in [5.74, 6) is 0. The van der Waals surface area contributed by atoms with Crippen molar-refractivity contribution in [2.24, 2.45) is 0 Å². The maximum Gasteiger partial charge on any atom is 0.503 e. The van der Waals surface area contributed by atoms with E-state index >= 15 is 0 Å². The van der Waals surface area contributed by atoms with Crippen LogP contribution >= 0.6 is 0 Å². The molecule has 6 N–H and O–H groups in total. The standard InChI is InChI=1S/3CH2O3.Rh/c3*2-1(3)4;/h3*(H2,2,3,4);. The molecule has 10 heteroatoms. The Kier molecular flexibility index (Phi) is 29.1. The molecule has 0 unspecified atom stereocenters. The van der Waals surface area contributed by atoms with Crippen LogP contribution in [0.3, 0.4) is 0 Å². The van der Waals surface area contributed by atoms with Crippen molar-refractivity contribution in [3.8, 4) is 0 Å². The molecule has 0 aromatic rings. The van der Waals surface area contributed by atoms with Crippen molar-refractivity contribution >= 4 is 18.5 Å². The molecule has 9 nitrogen and oxygen atoms in total. The zero-order chi connectivity index (χ0) is 10.7. The quantitative estimate of drug-likeness (QED) is 0.350. The first-order chi connectivity index (χ1) is 5.20. The van der Waals surface area contributed by atoms with Crippen LogP contribution in [0.2, 0.25) is 0 Å². The van der Waals surface area contributed by atoms with Gasteiger partial charge in [-0.05, 0) is 0 Å². The van der Waals surface area contributed by atoms with E-state index in [9.17, 15) is 0 Å². The van der Waals surface area contributed by atoms with Gasteiger partial charge in [0.25, 0.3) is 0 Å². The van der Waals surface area contributed by atoms with E-state index in [2.05, 4.69) is 0 Å². The van der Waals surface area contributed by atoms with Gasteiger partial charge in [-0.3, -0.25) is 0 Å². The van der Waals surface area contributed by atoms with E-state index in [-0.39, 0.29) is 19.5 Å². The number of carboxylic acid groups (broad SMARTS) is 6. The van der Waals surface area contributed by atoms with Gasteiger partial charge >= 0.3 is 18.5 Å². The first kappa shape index (κ1) is 22.5. The van der Waals surface area contributed by atoms with Crippen LogP contribution in [0.1, 0.15) is 0 Å². The fraction of sp³-hybridized carbons (Fsp3) is 0. The molecule has 0 rings (SSSR count). The van der Waals surface area contributed by atoms with Crippen LogP contribution in [0.15, 0.2) is 0 Å². The summed E-state index contributed by atoms with van der Waals surface area (Å²) in [4.78, 5) is 25.7. The van der Waals surface area contributed by atoms with E-state index in [0.717, 1.165) is 0 Å². The molecule has 0 heterocycles. The molecule has 0 aliphatic rings. The maximum absolute atomic E-state index is 8.56. The van der Waals surface area contributed by atoms with Gasteiger partial charge in [0.1, 0.15) is 0 Å². The van der Waals surface area contributed by atoms with Crippen LogP contribution < -0.4 is 0 Å². The molecule has 0 spiro atoms. The van der Waals surface area contributed by atoms with Gasteiger partial charge in [0.2, 0.25) is 0 Å². The Bertz CT molecular complexity index is 112. The third-order valence-electron chi connectivity index (χ3n) is 0. The number of carbonyl (C=O) groups is 3. The Morgan fingerprint density at radius 2 is 0.538 bits per heavy atom. The Hall–Kier alpha value is -1.57. The summed E-state index contributed by atoms with van der Waals surface area (Å²) < 4.78 is 0. The largest absolute Gasteiger partial charge is 0.503 e. The third-order valence-corrected chi connectivity index (χ3v) is 0. The van der Waals surface area contributed by atoms with E-state index in [0.29, 0.717) is 0 Å². The first-order valence-corrected chi connectivity index (χ1v) is 1.95. The van der Waals surface area contributed by atoms with Gasteiger partial charge in [0.15, 0.2) is 0 Å². The molecule has 0 atom stereocenters. The second kappa shape index (κ2) is 16.8. The normalized spacial score (nSPS) is 5.54. The molecule has 13 heavy (non-hydrogen) atoms. The number of rotatable bonds is 0. The van der Waals surface area contributed by atoms with E-state index in [1.54, 1.807) is 0 Å². The molecule has 0 aliphatic carbocycles. The van der Waals surface area contributed by atoms with Gasteiger partial charge in [0, 0.05) is 19.5 Å². The topological polar surface area (TPSA) is 173 Å². The average molecular weight is 289 g/mol. The number of hydrogen-bond acceptors (Lipinski definition) is 3. The van der Waals surface area contributed by atoms with E-state index < -0.39 is 18.5 Å². The average Bonchev–Trinajstić information content (AvgIpc) is 1.54. The summed E-state index contributed by atoms with van der Waals surface area (Å²) >= 11 is 0. The van der Waals surface area contributed by atoms with Crippen molar-refractivity contribution in [1.82, 2.24) is 0 Å². The Balaban J connectivity index is -0.0000000450. The van der Waals surface area contributed by atoms with Crippen molar-refractivity contribution in [1.29, 1.82) is 0 Å². The zero-order valence-electron chi connectivity index (χ0n) is 5.74. The number of hydrogen-bond donors (Lipinski definition) is 6. The summed E-state index contributed by atoms with van der Waals surface area (Å²) in [5.41, 5.74) is 0. The third kappa shape index (κ3) is 302. The maximum atomic E-state index is 8.56. The Morgan fingerprint density at radius 3 is 0.538 bits per heavy atom. The summed E-state index contributed by atoms with van der Waals surface area (Å²) in [6.45, 7) is 0. The molecule has 0 bridgehead atoms. The molecule has 0 aliphatic heterocycles. The molecular weight excluding hydrogens is 283 g/mol. The van der Waals surface area contributed by atoms with Crippen LogP contribution in [-0.4, -0.2) is 49.1 Å². The predicted octanol–water partition coefficient (Wildman–Crippen LogP) is 0.665. The fourth-order valence-electron chi connectivity index (χ4n) is 0. The Morgan fingerprint density at radius 1 is 0.538 bits per heavy atom. The molecule has 0 aromatic carbocycles. The van der Waals surface area contributed by atoms with Gasteiger partial charge in [-0.1, -0.05) is 0 Å². The molecule has 0 saturated heterocycles. The fourth-order valence-corrected chi connectivity index (χ4v) is 0. The van der Waals surface area contributed by atoms with Crippen molar-refractivity contribution in [2.75, 3.05) is 0 Å². The van der Waals surface area contributed by atoms with Crippen LogP contribution in [0.5, 0.6) is 0 Å². The van der Waals surface area contributed by atoms with E-state index in [1.807, 2.05) is 0 Å². The molecular formula is C3H6O9Rh. The van der Waals surface area contributed by atoms with Gasteiger partial charge in [-0.15, -0.1) is 0 Å². The van der Waals surface area contributed by atoms with Crippen LogP contribution in [0, 0.1) is 0 Å². The monoisotopic (exact) mass is 289 g/mol. The van der Waals surface area contributed by atoms with Crippen molar-refractivity contribution in [3.63, 3.8) is 0 Å². The van der Waals surface area contributed by atoms with Crippen LogP contribution in [-0.2, 0) is 19.5 Å². The molecule has 0 fully saturated rings. The van der Waals surface area contributed by atoms with E-state index in [4.69, 9.17) is 45.0 Å². The van der Waals surface area contributed by atoms with Gasteiger partial charge in [-0.25, -0.2) is 14.4 Å².